The van der Waals surface area contributed by atoms with Crippen LogP contribution in [0.5, 0.6) is 0 Å². The highest BCUT2D eigenvalue weighted by atomic mass is 32.2. The second-order valence-corrected chi connectivity index (χ2v) is 9.09. The van der Waals surface area contributed by atoms with Gasteiger partial charge in [0.2, 0.25) is 0 Å². The van der Waals surface area contributed by atoms with E-state index in [1.54, 1.807) is 0 Å². The zero-order valence-corrected chi connectivity index (χ0v) is 21.9. The topological polar surface area (TPSA) is 150 Å². The summed E-state index contributed by atoms with van der Waals surface area (Å²) in [4.78, 5) is 21.1. The van der Waals surface area contributed by atoms with Crippen molar-refractivity contribution in [3.8, 4) is 0 Å². The Morgan fingerprint density at radius 1 is 1.20 bits per heavy atom. The number of halogens is 8. The highest BCUT2D eigenvalue weighted by molar-refractivity contribution is 8.13. The molecule has 0 radical (unpaired) electrons. The number of amidine groups is 1. The van der Waals surface area contributed by atoms with Gasteiger partial charge < -0.3 is 15.2 Å². The fourth-order valence-electron chi connectivity index (χ4n) is 3.03. The van der Waals surface area contributed by atoms with Crippen molar-refractivity contribution in [1.82, 2.24) is 9.99 Å². The summed E-state index contributed by atoms with van der Waals surface area (Å²) in [6.45, 7) is 0.372. The molecule has 0 atom stereocenters. The Bertz CT molecular complexity index is 1220. The van der Waals surface area contributed by atoms with E-state index in [1.165, 1.54) is 30.8 Å². The van der Waals surface area contributed by atoms with Crippen LogP contribution in [-0.4, -0.2) is 71.7 Å². The van der Waals surface area contributed by atoms with E-state index < -0.39 is 41.1 Å². The average molecular weight is 622 g/mol. The molecule has 7 N–H and O–H groups in total. The molecule has 228 valence electrons. The quantitative estimate of drug-likeness (QED) is 0.0335. The fourth-order valence-corrected chi connectivity index (χ4v) is 3.84. The molecule has 1 amide bonds. The number of aromatic nitrogens is 1. The molecule has 0 spiro atoms. The van der Waals surface area contributed by atoms with Crippen molar-refractivity contribution in [1.29, 1.82) is 5.41 Å². The molecular formula is C22H25F8N6O4S+. The molecule has 0 unspecified atom stereocenters. The first-order valence-corrected chi connectivity index (χ1v) is 12.2. The largest absolute Gasteiger partial charge is 0.460 e. The summed E-state index contributed by atoms with van der Waals surface area (Å²) in [6.07, 6.45) is -6.36. The van der Waals surface area contributed by atoms with E-state index in [4.69, 9.17) is 25.9 Å². The first-order chi connectivity index (χ1) is 19.1. The second kappa shape index (κ2) is 14.2. The minimum atomic E-state index is -6.64. The van der Waals surface area contributed by atoms with Gasteiger partial charge in [0.15, 0.2) is 22.5 Å². The van der Waals surface area contributed by atoms with Gasteiger partial charge in [-0.05, 0) is 18.6 Å². The lowest BCUT2D eigenvalue weighted by Crippen LogP contribution is -2.76. The average Bonchev–Trinajstić information content (AvgIpc) is 2.89. The molecule has 2 aromatic rings. The lowest BCUT2D eigenvalue weighted by molar-refractivity contribution is -0.830. The molecule has 0 bridgehead atoms. The SMILES string of the molecule is CO[NH2+]c1ccc(SC(=N)N(N)CCCOCCO)c(C(=O)Nc2ncc(C(F)(F)C(F)(F)C(F)(F)F)cc2F)c1. The van der Waals surface area contributed by atoms with E-state index in [-0.39, 0.29) is 54.3 Å². The summed E-state index contributed by atoms with van der Waals surface area (Å²) in [5.41, 5.74) is -0.711. The fraction of sp³-hybridized carbons (Fsp3) is 0.409. The second-order valence-electron chi connectivity index (χ2n) is 8.05. The Kier molecular flexibility index (Phi) is 11.8. The number of nitrogens with zero attached hydrogens (tertiary/aromatic N) is 2. The van der Waals surface area contributed by atoms with E-state index >= 15 is 0 Å². The van der Waals surface area contributed by atoms with Gasteiger partial charge in [-0.15, -0.1) is 0 Å². The van der Waals surface area contributed by atoms with Crippen LogP contribution in [0.25, 0.3) is 0 Å². The van der Waals surface area contributed by atoms with Crippen LogP contribution in [0.15, 0.2) is 35.4 Å². The number of pyridine rings is 1. The number of anilines is 1. The van der Waals surface area contributed by atoms with Gasteiger partial charge in [-0.1, -0.05) is 11.8 Å². The van der Waals surface area contributed by atoms with Crippen molar-refractivity contribution < 1.29 is 60.1 Å². The number of hydrazine groups is 1. The van der Waals surface area contributed by atoms with Crippen LogP contribution >= 0.6 is 11.8 Å². The number of hydrogen-bond donors (Lipinski definition) is 5. The molecule has 2 rings (SSSR count). The number of aliphatic hydroxyl groups excluding tert-OH is 1. The van der Waals surface area contributed by atoms with Gasteiger partial charge in [-0.2, -0.15) is 36.2 Å². The van der Waals surface area contributed by atoms with Gasteiger partial charge in [0.25, 0.3) is 5.91 Å². The predicted octanol–water partition coefficient (Wildman–Crippen LogP) is 3.12. The minimum Gasteiger partial charge on any atom is -0.394 e. The van der Waals surface area contributed by atoms with Crippen molar-refractivity contribution in [2.24, 2.45) is 5.84 Å². The normalized spacial score (nSPS) is 12.4. The first-order valence-electron chi connectivity index (χ1n) is 11.3. The molecule has 0 aliphatic carbocycles. The number of quaternary nitrogens is 1. The number of nitrogens with two attached hydrogens (primary N) is 2. The molecule has 0 saturated carbocycles. The van der Waals surface area contributed by atoms with Gasteiger partial charge in [0.1, 0.15) is 0 Å². The Morgan fingerprint density at radius 3 is 2.46 bits per heavy atom. The van der Waals surface area contributed by atoms with E-state index in [1.807, 2.05) is 5.32 Å². The lowest BCUT2D eigenvalue weighted by Gasteiger charge is -2.28. The Labute approximate surface area is 231 Å². The zero-order valence-electron chi connectivity index (χ0n) is 21.1. The monoisotopic (exact) mass is 621 g/mol. The number of thioether (sulfide) groups is 1. The Morgan fingerprint density at radius 2 is 1.88 bits per heavy atom. The number of nitrogens with one attached hydrogen (secondary N) is 2. The van der Waals surface area contributed by atoms with Crippen molar-refractivity contribution in [2.45, 2.75) is 29.3 Å². The molecule has 19 heteroatoms. The van der Waals surface area contributed by atoms with Crippen molar-refractivity contribution >= 4 is 34.3 Å². The van der Waals surface area contributed by atoms with Crippen molar-refractivity contribution in [2.75, 3.05) is 38.8 Å². The van der Waals surface area contributed by atoms with Crippen LogP contribution in [0.2, 0.25) is 0 Å². The van der Waals surface area contributed by atoms with Gasteiger partial charge in [-0.3, -0.25) is 15.2 Å². The van der Waals surface area contributed by atoms with Crippen LogP contribution in [-0.2, 0) is 15.5 Å². The smallest absolute Gasteiger partial charge is 0.394 e. The van der Waals surface area contributed by atoms with Gasteiger partial charge in [0.05, 0.1) is 25.9 Å². The maximum absolute atomic E-state index is 14.5. The third kappa shape index (κ3) is 8.46. The van der Waals surface area contributed by atoms with Crippen LogP contribution in [0, 0.1) is 11.2 Å². The van der Waals surface area contributed by atoms with Gasteiger partial charge in [0, 0.05) is 41.9 Å². The maximum atomic E-state index is 14.5. The number of alkyl halides is 7. The molecule has 10 nitrogen and oxygen atoms in total. The molecule has 41 heavy (non-hydrogen) atoms. The third-order valence-electron chi connectivity index (χ3n) is 5.08. The number of benzene rings is 1. The number of rotatable bonds is 13. The van der Waals surface area contributed by atoms with Crippen LogP contribution < -0.4 is 16.6 Å². The summed E-state index contributed by atoms with van der Waals surface area (Å²) in [7, 11) is 1.31. The Hall–Kier alpha value is -3.10. The highest BCUT2D eigenvalue weighted by Crippen LogP contribution is 2.51. The molecule has 1 aromatic carbocycles. The number of carbonyl (C=O) groups excluding carboxylic acids is 1. The maximum Gasteiger partial charge on any atom is 0.460 e. The zero-order chi connectivity index (χ0) is 31.0. The van der Waals surface area contributed by atoms with Crippen LogP contribution in [0.1, 0.15) is 22.3 Å². The summed E-state index contributed by atoms with van der Waals surface area (Å²) in [6, 6.07) is 3.85. The van der Waals surface area contributed by atoms with Crippen molar-refractivity contribution in [3.63, 3.8) is 0 Å². The number of ether oxygens (including phenoxy) is 1. The molecular weight excluding hydrogens is 596 g/mol. The summed E-state index contributed by atoms with van der Waals surface area (Å²) >= 11 is 0.712. The van der Waals surface area contributed by atoms with Gasteiger partial charge in [-0.25, -0.2) is 20.1 Å². The van der Waals surface area contributed by atoms with Crippen LogP contribution in [0.4, 0.5) is 46.6 Å². The predicted molar refractivity (Wildman–Crippen MR) is 129 cm³/mol. The highest BCUT2D eigenvalue weighted by Gasteiger charge is 2.73. The van der Waals surface area contributed by atoms with E-state index in [0.29, 0.717) is 23.9 Å². The number of carbonyl (C=O) groups is 1. The number of aliphatic hydroxyl groups is 1. The van der Waals surface area contributed by atoms with E-state index in [9.17, 15) is 39.9 Å². The lowest BCUT2D eigenvalue weighted by atomic mass is 10.0. The molecule has 0 saturated heterocycles. The molecule has 1 heterocycles. The summed E-state index contributed by atoms with van der Waals surface area (Å²) in [5, 5.41) is 19.6. The number of amides is 1. The van der Waals surface area contributed by atoms with Crippen LogP contribution in [0.3, 0.4) is 0 Å². The summed E-state index contributed by atoms with van der Waals surface area (Å²) in [5.74, 6) is -10.5. The Balaban J connectivity index is 2.27. The third-order valence-corrected chi connectivity index (χ3v) is 6.08. The standard InChI is InChI=1S/C22H24F8N6O4S/c1-39-35-13-3-4-16(41-19(31)36(32)5-2-7-40-8-6-37)14(10-13)18(38)34-17-15(23)9-12(11-33-17)20(24,25)21(26,27)22(28,29)30/h3-4,9-11,31,35,37H,2,5-8,32H2,1H3,(H,33,34,38)/p+1. The van der Waals surface area contributed by atoms with E-state index in [2.05, 4.69) is 4.98 Å². The molecule has 1 aromatic heterocycles. The molecule has 0 fully saturated rings. The van der Waals surface area contributed by atoms with Gasteiger partial charge >= 0.3 is 18.0 Å². The molecule has 0 aliphatic rings. The summed E-state index contributed by atoms with van der Waals surface area (Å²) < 4.78 is 112. The van der Waals surface area contributed by atoms with E-state index in [0.717, 1.165) is 5.01 Å². The number of hydrogen-bond acceptors (Lipinski definition) is 8. The van der Waals surface area contributed by atoms with Crippen molar-refractivity contribution in [3.05, 3.63) is 47.4 Å². The molecule has 0 aliphatic heterocycles. The first kappa shape index (κ1) is 34.1. The minimum absolute atomic E-state index is 0.112.